The highest BCUT2D eigenvalue weighted by Gasteiger charge is 2.35. The topological polar surface area (TPSA) is 52.9 Å². The molecule has 0 aromatic heterocycles. The van der Waals surface area contributed by atoms with E-state index >= 15 is 0 Å². The minimum Gasteiger partial charge on any atom is -0.334 e. The van der Waals surface area contributed by atoms with Gasteiger partial charge in [0.15, 0.2) is 0 Å². The predicted octanol–water partition coefficient (Wildman–Crippen LogP) is 2.69. The van der Waals surface area contributed by atoms with Gasteiger partial charge in [-0.15, -0.1) is 0 Å². The Balaban J connectivity index is 1.81. The third kappa shape index (κ3) is 2.04. The summed E-state index contributed by atoms with van der Waals surface area (Å²) in [5, 5.41) is 12.4. The molecule has 0 spiro atoms. The molecule has 3 nitrogen and oxygen atoms in total. The molecule has 1 fully saturated rings. The molecule has 0 aliphatic heterocycles. The van der Waals surface area contributed by atoms with Crippen LogP contribution in [-0.2, 0) is 4.79 Å². The number of carbonyl (C=O) groups excluding carboxylic acids is 1. The molecule has 0 unspecified atom stereocenters. The lowest BCUT2D eigenvalue weighted by atomic mass is 9.82. The second-order valence-corrected chi connectivity index (χ2v) is 5.35. The van der Waals surface area contributed by atoms with E-state index in [0.29, 0.717) is 5.57 Å². The van der Waals surface area contributed by atoms with Crippen molar-refractivity contribution in [3.63, 3.8) is 0 Å². The number of nitriles is 1. The van der Waals surface area contributed by atoms with Crippen LogP contribution >= 0.6 is 0 Å². The van der Waals surface area contributed by atoms with Crippen molar-refractivity contribution in [3.8, 4) is 6.07 Å². The number of allylic oxidation sites excluding steroid dienone is 6. The summed E-state index contributed by atoms with van der Waals surface area (Å²) < 4.78 is 0. The second kappa shape index (κ2) is 4.55. The van der Waals surface area contributed by atoms with Gasteiger partial charge in [-0.05, 0) is 30.1 Å². The molecule has 3 aliphatic carbocycles. The fourth-order valence-corrected chi connectivity index (χ4v) is 2.99. The monoisotopic (exact) mass is 252 g/mol. The molecule has 19 heavy (non-hydrogen) atoms. The molecule has 1 saturated carbocycles. The lowest BCUT2D eigenvalue weighted by Crippen LogP contribution is -2.49. The zero-order valence-corrected chi connectivity index (χ0v) is 10.8. The quantitative estimate of drug-likeness (QED) is 0.821. The Morgan fingerprint density at radius 1 is 1.21 bits per heavy atom. The summed E-state index contributed by atoms with van der Waals surface area (Å²) >= 11 is 0. The van der Waals surface area contributed by atoms with Crippen molar-refractivity contribution in [1.29, 1.82) is 5.26 Å². The van der Waals surface area contributed by atoms with Gasteiger partial charge in [0.25, 0.3) is 5.91 Å². The van der Waals surface area contributed by atoms with E-state index in [4.69, 9.17) is 0 Å². The van der Waals surface area contributed by atoms with E-state index in [1.54, 1.807) is 0 Å². The maximum atomic E-state index is 12.4. The van der Waals surface area contributed by atoms with E-state index in [1.165, 1.54) is 0 Å². The number of nitrogens with one attached hydrogen (secondary N) is 1. The first kappa shape index (κ1) is 12.0. The Hall–Kier alpha value is -2.08. The molecule has 0 saturated heterocycles. The standard InChI is InChI=1S/C16H16N2O/c17-11-16(9-2-1-3-10-16)18-15(19)14-8-7-12-5-4-6-13(12)14/h4-8H,1-3,9-10H2,(H,18,19). The molecule has 96 valence electrons. The molecule has 3 rings (SSSR count). The van der Waals surface area contributed by atoms with Crippen LogP contribution in [0, 0.1) is 11.3 Å². The van der Waals surface area contributed by atoms with Crippen LogP contribution in [0.4, 0.5) is 0 Å². The first-order valence-electron chi connectivity index (χ1n) is 6.79. The summed E-state index contributed by atoms with van der Waals surface area (Å²) in [5.41, 5.74) is 2.08. The van der Waals surface area contributed by atoms with Gasteiger partial charge in [0.1, 0.15) is 5.54 Å². The number of hydrogen-bond donors (Lipinski definition) is 1. The van der Waals surface area contributed by atoms with E-state index in [2.05, 4.69) is 11.4 Å². The lowest BCUT2D eigenvalue weighted by molar-refractivity contribution is -0.118. The van der Waals surface area contributed by atoms with E-state index < -0.39 is 5.54 Å². The minimum atomic E-state index is -0.661. The number of hydrogen-bond acceptors (Lipinski definition) is 2. The van der Waals surface area contributed by atoms with Crippen molar-refractivity contribution in [1.82, 2.24) is 5.32 Å². The van der Waals surface area contributed by atoms with Crippen LogP contribution in [0.5, 0.6) is 0 Å². The molecular weight excluding hydrogens is 236 g/mol. The molecule has 1 N–H and O–H groups in total. The van der Waals surface area contributed by atoms with Crippen molar-refractivity contribution >= 4 is 5.91 Å². The van der Waals surface area contributed by atoms with E-state index in [9.17, 15) is 10.1 Å². The van der Waals surface area contributed by atoms with Gasteiger partial charge in [0, 0.05) is 5.57 Å². The van der Waals surface area contributed by atoms with Crippen LogP contribution in [0.2, 0.25) is 0 Å². The summed E-state index contributed by atoms with van der Waals surface area (Å²) in [5.74, 6) is -0.121. The minimum absolute atomic E-state index is 0.121. The smallest absolute Gasteiger partial charge is 0.253 e. The van der Waals surface area contributed by atoms with Crippen LogP contribution in [0.3, 0.4) is 0 Å². The zero-order chi connectivity index (χ0) is 13.3. The van der Waals surface area contributed by atoms with Gasteiger partial charge in [-0.2, -0.15) is 5.26 Å². The number of rotatable bonds is 2. The van der Waals surface area contributed by atoms with Crippen molar-refractivity contribution in [2.24, 2.45) is 0 Å². The molecule has 0 heterocycles. The lowest BCUT2D eigenvalue weighted by Gasteiger charge is -2.31. The highest BCUT2D eigenvalue weighted by molar-refractivity contribution is 6.01. The second-order valence-electron chi connectivity index (χ2n) is 5.35. The average molecular weight is 252 g/mol. The molecule has 3 aliphatic rings. The van der Waals surface area contributed by atoms with Crippen molar-refractivity contribution in [2.75, 3.05) is 0 Å². The van der Waals surface area contributed by atoms with Gasteiger partial charge in [0.05, 0.1) is 6.07 Å². The maximum absolute atomic E-state index is 12.4. The zero-order valence-electron chi connectivity index (χ0n) is 10.8. The molecule has 0 radical (unpaired) electrons. The highest BCUT2D eigenvalue weighted by Crippen LogP contribution is 2.32. The van der Waals surface area contributed by atoms with E-state index in [1.807, 2.05) is 30.4 Å². The highest BCUT2D eigenvalue weighted by atomic mass is 16.1. The molecule has 0 aromatic rings. The van der Waals surface area contributed by atoms with Gasteiger partial charge in [-0.25, -0.2) is 0 Å². The van der Waals surface area contributed by atoms with Gasteiger partial charge in [0.2, 0.25) is 0 Å². The largest absolute Gasteiger partial charge is 0.334 e. The Labute approximate surface area is 113 Å². The first-order chi connectivity index (χ1) is 9.24. The molecular formula is C16H16N2O. The maximum Gasteiger partial charge on any atom is 0.253 e. The molecule has 0 bridgehead atoms. The van der Waals surface area contributed by atoms with Gasteiger partial charge in [-0.3, -0.25) is 4.79 Å². The SMILES string of the molecule is N#CC1(NC(=O)C2=C3C=CC=C3C=C2)CCCCC1. The molecule has 0 atom stereocenters. The summed E-state index contributed by atoms with van der Waals surface area (Å²) in [6.07, 6.45) is 14.4. The fraction of sp³-hybridized carbons (Fsp3) is 0.375. The number of fused-ring (bicyclic) bond motifs is 1. The Kier molecular flexibility index (Phi) is 2.87. The first-order valence-corrected chi connectivity index (χ1v) is 6.79. The summed E-state index contributed by atoms with van der Waals surface area (Å²) in [7, 11) is 0. The van der Waals surface area contributed by atoms with E-state index in [-0.39, 0.29) is 5.91 Å². The van der Waals surface area contributed by atoms with Crippen LogP contribution in [0.25, 0.3) is 0 Å². The normalized spacial score (nSPS) is 23.0. The Morgan fingerprint density at radius 3 is 2.74 bits per heavy atom. The van der Waals surface area contributed by atoms with Gasteiger partial charge < -0.3 is 5.32 Å². The van der Waals surface area contributed by atoms with Gasteiger partial charge in [-0.1, -0.05) is 43.6 Å². The van der Waals surface area contributed by atoms with Crippen molar-refractivity contribution in [2.45, 2.75) is 37.6 Å². The fourth-order valence-electron chi connectivity index (χ4n) is 2.99. The van der Waals surface area contributed by atoms with Crippen LogP contribution in [-0.4, -0.2) is 11.4 Å². The van der Waals surface area contributed by atoms with Gasteiger partial charge >= 0.3 is 0 Å². The molecule has 1 amide bonds. The van der Waals surface area contributed by atoms with E-state index in [0.717, 1.165) is 43.3 Å². The number of amides is 1. The predicted molar refractivity (Wildman–Crippen MR) is 73.0 cm³/mol. The van der Waals surface area contributed by atoms with Crippen molar-refractivity contribution in [3.05, 3.63) is 47.1 Å². The number of carbonyl (C=O) groups is 1. The molecule has 3 heteroatoms. The third-order valence-electron chi connectivity index (χ3n) is 4.09. The summed E-state index contributed by atoms with van der Waals surface area (Å²) in [4.78, 5) is 12.4. The van der Waals surface area contributed by atoms with Crippen molar-refractivity contribution < 1.29 is 4.79 Å². The summed E-state index contributed by atoms with van der Waals surface area (Å²) in [6, 6.07) is 2.32. The average Bonchev–Trinajstić information content (AvgIpc) is 3.02. The number of nitrogens with zero attached hydrogens (tertiary/aromatic N) is 1. The Morgan fingerprint density at radius 2 is 2.00 bits per heavy atom. The van der Waals surface area contributed by atoms with Crippen LogP contribution < -0.4 is 5.32 Å². The van der Waals surface area contributed by atoms with Crippen LogP contribution in [0.15, 0.2) is 47.1 Å². The van der Waals surface area contributed by atoms with Crippen LogP contribution in [0.1, 0.15) is 32.1 Å². The third-order valence-corrected chi connectivity index (χ3v) is 4.09. The summed E-state index contributed by atoms with van der Waals surface area (Å²) in [6.45, 7) is 0. The Bertz CT molecular complexity index is 578. The molecule has 0 aromatic carbocycles.